The Morgan fingerprint density at radius 2 is 1.83 bits per heavy atom. The van der Waals surface area contributed by atoms with E-state index in [1.54, 1.807) is 6.07 Å². The standard InChI is InChI=1S/C22H25N3O5/c1-16(17-8-4-2-5-9-17)23-21(26)15-30-22(27)18-10-11-19(20(14-18)25(28)29)24-12-6-3-7-13-24/h2,4-5,8-11,14,16H,3,6-7,12-13,15H2,1H3,(H,23,26)/t16-/m0/s1. The van der Waals surface area contributed by atoms with Crippen molar-refractivity contribution in [3.05, 3.63) is 69.8 Å². The number of nitro groups is 1. The summed E-state index contributed by atoms with van der Waals surface area (Å²) in [6.45, 7) is 2.88. The molecule has 0 aromatic heterocycles. The second kappa shape index (κ2) is 9.87. The van der Waals surface area contributed by atoms with E-state index in [-0.39, 0.29) is 17.3 Å². The third kappa shape index (κ3) is 5.34. The fraction of sp³-hybridized carbons (Fsp3) is 0.364. The molecule has 1 saturated heterocycles. The normalized spacial score (nSPS) is 14.6. The molecule has 1 N–H and O–H groups in total. The summed E-state index contributed by atoms with van der Waals surface area (Å²) >= 11 is 0. The number of carbonyl (C=O) groups excluding carboxylic acids is 2. The van der Waals surface area contributed by atoms with Crippen LogP contribution in [0.5, 0.6) is 0 Å². The van der Waals surface area contributed by atoms with Crippen LogP contribution >= 0.6 is 0 Å². The average Bonchev–Trinajstić information content (AvgIpc) is 2.78. The summed E-state index contributed by atoms with van der Waals surface area (Å²) in [5.74, 6) is -1.22. The van der Waals surface area contributed by atoms with Gasteiger partial charge in [0.15, 0.2) is 6.61 Å². The van der Waals surface area contributed by atoms with Crippen LogP contribution in [0.1, 0.15) is 48.1 Å². The van der Waals surface area contributed by atoms with Gasteiger partial charge in [0.05, 0.1) is 16.5 Å². The number of piperidine rings is 1. The molecule has 3 rings (SSSR count). The Hall–Kier alpha value is -3.42. The number of carbonyl (C=O) groups is 2. The summed E-state index contributed by atoms with van der Waals surface area (Å²) in [5.41, 5.74) is 1.35. The van der Waals surface area contributed by atoms with Crippen molar-refractivity contribution < 1.29 is 19.2 Å². The zero-order valence-electron chi connectivity index (χ0n) is 16.9. The van der Waals surface area contributed by atoms with Crippen molar-refractivity contribution in [3.63, 3.8) is 0 Å². The van der Waals surface area contributed by atoms with Crippen molar-refractivity contribution in [2.24, 2.45) is 0 Å². The first-order valence-electron chi connectivity index (χ1n) is 10.0. The van der Waals surface area contributed by atoms with Gasteiger partial charge in [-0.3, -0.25) is 14.9 Å². The Kier molecular flexibility index (Phi) is 7.00. The van der Waals surface area contributed by atoms with Gasteiger partial charge in [-0.25, -0.2) is 4.79 Å². The third-order valence-electron chi connectivity index (χ3n) is 5.12. The van der Waals surface area contributed by atoms with Crippen LogP contribution in [0, 0.1) is 10.1 Å². The molecular formula is C22H25N3O5. The van der Waals surface area contributed by atoms with Gasteiger partial charge < -0.3 is 15.0 Å². The van der Waals surface area contributed by atoms with E-state index in [1.165, 1.54) is 12.1 Å². The monoisotopic (exact) mass is 411 g/mol. The molecule has 2 aromatic carbocycles. The van der Waals surface area contributed by atoms with Gasteiger partial charge in [0.1, 0.15) is 5.69 Å². The Morgan fingerprint density at radius 3 is 2.50 bits per heavy atom. The Morgan fingerprint density at radius 1 is 1.13 bits per heavy atom. The first-order valence-corrected chi connectivity index (χ1v) is 10.0. The number of amides is 1. The number of hydrogen-bond donors (Lipinski definition) is 1. The molecular weight excluding hydrogens is 386 g/mol. The maximum atomic E-state index is 12.3. The predicted octanol–water partition coefficient (Wildman–Crippen LogP) is 3.62. The molecule has 0 saturated carbocycles. The highest BCUT2D eigenvalue weighted by Gasteiger charge is 2.24. The number of hydrogen-bond acceptors (Lipinski definition) is 6. The average molecular weight is 411 g/mol. The Labute approximate surface area is 175 Å². The number of nitrogens with one attached hydrogen (secondary N) is 1. The van der Waals surface area contributed by atoms with E-state index in [0.717, 1.165) is 37.9 Å². The van der Waals surface area contributed by atoms with Gasteiger partial charge in [0.25, 0.3) is 11.6 Å². The van der Waals surface area contributed by atoms with Crippen molar-refractivity contribution in [1.29, 1.82) is 0 Å². The lowest BCUT2D eigenvalue weighted by Crippen LogP contribution is -2.31. The first-order chi connectivity index (χ1) is 14.5. The van der Waals surface area contributed by atoms with E-state index in [9.17, 15) is 19.7 Å². The molecule has 0 spiro atoms. The van der Waals surface area contributed by atoms with Crippen LogP contribution in [0.25, 0.3) is 0 Å². The smallest absolute Gasteiger partial charge is 0.338 e. The van der Waals surface area contributed by atoms with Crippen molar-refractivity contribution in [1.82, 2.24) is 5.32 Å². The predicted molar refractivity (Wildman–Crippen MR) is 112 cm³/mol. The van der Waals surface area contributed by atoms with Crippen molar-refractivity contribution >= 4 is 23.3 Å². The van der Waals surface area contributed by atoms with Gasteiger partial charge >= 0.3 is 5.97 Å². The minimum Gasteiger partial charge on any atom is -0.452 e. The van der Waals surface area contributed by atoms with Gasteiger partial charge in [0, 0.05) is 19.2 Å². The summed E-state index contributed by atoms with van der Waals surface area (Å²) < 4.78 is 5.06. The van der Waals surface area contributed by atoms with Crippen LogP contribution in [0.2, 0.25) is 0 Å². The molecule has 30 heavy (non-hydrogen) atoms. The molecule has 8 heteroatoms. The summed E-state index contributed by atoms with van der Waals surface area (Å²) in [7, 11) is 0. The van der Waals surface area contributed by atoms with E-state index < -0.39 is 23.4 Å². The number of esters is 1. The maximum absolute atomic E-state index is 12.3. The fourth-order valence-corrected chi connectivity index (χ4v) is 3.52. The lowest BCUT2D eigenvalue weighted by Gasteiger charge is -2.28. The van der Waals surface area contributed by atoms with E-state index in [4.69, 9.17) is 4.74 Å². The van der Waals surface area contributed by atoms with Gasteiger partial charge in [-0.15, -0.1) is 0 Å². The van der Waals surface area contributed by atoms with Crippen LogP contribution in [0.3, 0.4) is 0 Å². The lowest BCUT2D eigenvalue weighted by molar-refractivity contribution is -0.384. The molecule has 2 aromatic rings. The summed E-state index contributed by atoms with van der Waals surface area (Å²) in [5, 5.41) is 14.3. The van der Waals surface area contributed by atoms with Gasteiger partial charge in [0.2, 0.25) is 0 Å². The van der Waals surface area contributed by atoms with Gasteiger partial charge in [-0.1, -0.05) is 30.3 Å². The van der Waals surface area contributed by atoms with Crippen LogP contribution in [0.4, 0.5) is 11.4 Å². The van der Waals surface area contributed by atoms with Gasteiger partial charge in [-0.2, -0.15) is 0 Å². The second-order valence-electron chi connectivity index (χ2n) is 7.28. The minimum atomic E-state index is -0.772. The highest BCUT2D eigenvalue weighted by Crippen LogP contribution is 2.31. The van der Waals surface area contributed by atoms with Crippen LogP contribution < -0.4 is 10.2 Å². The third-order valence-corrected chi connectivity index (χ3v) is 5.12. The molecule has 1 atom stereocenters. The van der Waals surface area contributed by atoms with Crippen LogP contribution in [-0.4, -0.2) is 36.5 Å². The molecule has 0 aliphatic carbocycles. The van der Waals surface area contributed by atoms with E-state index in [1.807, 2.05) is 42.2 Å². The molecule has 0 unspecified atom stereocenters. The molecule has 1 aliphatic rings. The van der Waals surface area contributed by atoms with Crippen LogP contribution in [0.15, 0.2) is 48.5 Å². The number of nitrogens with zero attached hydrogens (tertiary/aromatic N) is 2. The molecule has 1 heterocycles. The fourth-order valence-electron chi connectivity index (χ4n) is 3.52. The van der Waals surface area contributed by atoms with E-state index in [2.05, 4.69) is 5.32 Å². The van der Waals surface area contributed by atoms with E-state index >= 15 is 0 Å². The number of nitro benzene ring substituents is 1. The maximum Gasteiger partial charge on any atom is 0.338 e. The topological polar surface area (TPSA) is 102 Å². The molecule has 1 aliphatic heterocycles. The second-order valence-corrected chi connectivity index (χ2v) is 7.28. The SMILES string of the molecule is C[C@H](NC(=O)COC(=O)c1ccc(N2CCCCC2)c([N+](=O)[O-])c1)c1ccccc1. The highest BCUT2D eigenvalue weighted by molar-refractivity contribution is 5.93. The molecule has 1 fully saturated rings. The molecule has 158 valence electrons. The highest BCUT2D eigenvalue weighted by atomic mass is 16.6. The molecule has 1 amide bonds. The quantitative estimate of drug-likeness (QED) is 0.424. The number of anilines is 1. The first kappa shape index (κ1) is 21.3. The van der Waals surface area contributed by atoms with Gasteiger partial charge in [-0.05, 0) is 43.9 Å². The lowest BCUT2D eigenvalue weighted by atomic mass is 10.1. The summed E-state index contributed by atoms with van der Waals surface area (Å²) in [4.78, 5) is 37.4. The summed E-state index contributed by atoms with van der Waals surface area (Å²) in [6.07, 6.45) is 3.08. The Balaban J connectivity index is 1.61. The number of rotatable bonds is 7. The number of ether oxygens (including phenoxy) is 1. The molecule has 0 radical (unpaired) electrons. The Bertz CT molecular complexity index is 910. The van der Waals surface area contributed by atoms with Crippen LogP contribution in [-0.2, 0) is 9.53 Å². The van der Waals surface area contributed by atoms with Crippen molar-refractivity contribution in [2.75, 3.05) is 24.6 Å². The van der Waals surface area contributed by atoms with Crippen molar-refractivity contribution in [2.45, 2.75) is 32.2 Å². The zero-order chi connectivity index (χ0) is 21.5. The largest absolute Gasteiger partial charge is 0.452 e. The minimum absolute atomic E-state index is 0.0476. The van der Waals surface area contributed by atoms with E-state index in [0.29, 0.717) is 5.69 Å². The zero-order valence-corrected chi connectivity index (χ0v) is 16.9. The molecule has 0 bridgehead atoms. The summed E-state index contributed by atoms with van der Waals surface area (Å²) in [6, 6.07) is 13.5. The number of benzene rings is 2. The molecule has 8 nitrogen and oxygen atoms in total. The van der Waals surface area contributed by atoms with Crippen molar-refractivity contribution in [3.8, 4) is 0 Å².